The van der Waals surface area contributed by atoms with Crippen molar-refractivity contribution in [1.29, 1.82) is 0 Å². The summed E-state index contributed by atoms with van der Waals surface area (Å²) in [6, 6.07) is 16.9. The number of carbonyl (C=O) groups excluding carboxylic acids is 1. The second kappa shape index (κ2) is 8.24. The van der Waals surface area contributed by atoms with Crippen molar-refractivity contribution in [2.75, 3.05) is 0 Å². The van der Waals surface area contributed by atoms with Crippen LogP contribution in [-0.2, 0) is 29.7 Å². The van der Waals surface area contributed by atoms with Crippen molar-refractivity contribution >= 4 is 39.7 Å². The molecule has 4 rings (SSSR count). The van der Waals surface area contributed by atoms with Gasteiger partial charge in [-0.05, 0) is 40.0 Å². The highest BCUT2D eigenvalue weighted by Crippen LogP contribution is 2.34. The highest BCUT2D eigenvalue weighted by Gasteiger charge is 2.26. The first kappa shape index (κ1) is 20.8. The van der Waals surface area contributed by atoms with E-state index >= 15 is 0 Å². The van der Waals surface area contributed by atoms with E-state index in [1.807, 2.05) is 11.3 Å². The van der Waals surface area contributed by atoms with Gasteiger partial charge in [-0.3, -0.25) is 4.79 Å². The number of benzene rings is 2. The predicted octanol–water partition coefficient (Wildman–Crippen LogP) is 4.95. The van der Waals surface area contributed by atoms with Crippen molar-refractivity contribution in [2.45, 2.75) is 51.7 Å². The van der Waals surface area contributed by atoms with Gasteiger partial charge >= 0.3 is 0 Å². The molecule has 5 heteroatoms. The van der Waals surface area contributed by atoms with Gasteiger partial charge in [0.05, 0.1) is 6.04 Å². The summed E-state index contributed by atoms with van der Waals surface area (Å²) in [5.41, 5.74) is 3.93. The summed E-state index contributed by atoms with van der Waals surface area (Å²) in [5.74, 6) is 0.0795. The number of fused-ring (bicyclic) bond motifs is 3. The zero-order valence-electron chi connectivity index (χ0n) is 16.5. The molecule has 1 aliphatic heterocycles. The first-order valence-electron chi connectivity index (χ1n) is 9.51. The summed E-state index contributed by atoms with van der Waals surface area (Å²) in [5, 5.41) is 7.80. The Kier molecular flexibility index (Phi) is 6.13. The van der Waals surface area contributed by atoms with Crippen molar-refractivity contribution in [3.05, 3.63) is 70.1 Å². The summed E-state index contributed by atoms with van der Waals surface area (Å²) >= 11 is 1.83. The van der Waals surface area contributed by atoms with E-state index in [0.717, 1.165) is 18.5 Å². The van der Waals surface area contributed by atoms with E-state index in [2.05, 4.69) is 79.9 Å². The van der Waals surface area contributed by atoms with E-state index < -0.39 is 0 Å². The van der Waals surface area contributed by atoms with E-state index in [-0.39, 0.29) is 29.8 Å². The van der Waals surface area contributed by atoms with Crippen LogP contribution in [-0.4, -0.2) is 11.9 Å². The zero-order chi connectivity index (χ0) is 19.0. The molecule has 1 aliphatic rings. The van der Waals surface area contributed by atoms with E-state index in [9.17, 15) is 4.79 Å². The van der Waals surface area contributed by atoms with E-state index in [1.165, 1.54) is 26.1 Å². The molecule has 2 N–H and O–H groups in total. The molecule has 1 aromatic heterocycles. The van der Waals surface area contributed by atoms with Crippen LogP contribution in [0.2, 0.25) is 0 Å². The van der Waals surface area contributed by atoms with Gasteiger partial charge in [0.1, 0.15) is 0 Å². The number of carbonyl (C=O) groups is 1. The Morgan fingerprint density at radius 2 is 1.86 bits per heavy atom. The summed E-state index contributed by atoms with van der Waals surface area (Å²) in [4.78, 5) is 14.1. The normalized spacial score (nSPS) is 16.3. The number of thiophene rings is 1. The lowest BCUT2D eigenvalue weighted by Gasteiger charge is -2.23. The first-order chi connectivity index (χ1) is 12.9. The molecule has 2 aromatic carbocycles. The van der Waals surface area contributed by atoms with Crippen molar-refractivity contribution in [1.82, 2.24) is 10.6 Å². The smallest absolute Gasteiger partial charge is 0.237 e. The summed E-state index contributed by atoms with van der Waals surface area (Å²) in [6.45, 7) is 7.97. The highest BCUT2D eigenvalue weighted by molar-refractivity contribution is 7.19. The van der Waals surface area contributed by atoms with Crippen molar-refractivity contribution in [3.63, 3.8) is 0 Å². The maximum Gasteiger partial charge on any atom is 0.237 e. The SMILES string of the molecule is CC(C)(C)c1ccc(CNC(=O)[C@H]2Cc3c(sc4ccccc34)CN2)cc1.Cl. The molecule has 1 amide bonds. The van der Waals surface area contributed by atoms with Gasteiger partial charge in [0.2, 0.25) is 5.91 Å². The standard InChI is InChI=1S/C23H26N2OS.ClH/c1-23(2,3)16-10-8-15(9-11-16)13-25-22(26)19-12-18-17-6-4-5-7-20(17)27-21(18)14-24-19;/h4-11,19,24H,12-14H2,1-3H3,(H,25,26);1H/t19-;/m1./s1. The minimum absolute atomic E-state index is 0. The third-order valence-electron chi connectivity index (χ3n) is 5.30. The molecule has 28 heavy (non-hydrogen) atoms. The molecule has 3 nitrogen and oxygen atoms in total. The van der Waals surface area contributed by atoms with Crippen LogP contribution in [0.4, 0.5) is 0 Å². The van der Waals surface area contributed by atoms with Crippen LogP contribution in [0.5, 0.6) is 0 Å². The molecule has 0 saturated heterocycles. The van der Waals surface area contributed by atoms with Gasteiger partial charge in [0.25, 0.3) is 0 Å². The van der Waals surface area contributed by atoms with Crippen molar-refractivity contribution < 1.29 is 4.79 Å². The molecule has 0 aliphatic carbocycles. The van der Waals surface area contributed by atoms with Crippen LogP contribution in [0.15, 0.2) is 48.5 Å². The lowest BCUT2D eigenvalue weighted by Crippen LogP contribution is -2.47. The maximum absolute atomic E-state index is 12.7. The van der Waals surface area contributed by atoms with E-state index in [0.29, 0.717) is 6.54 Å². The third-order valence-corrected chi connectivity index (χ3v) is 6.52. The molecule has 0 saturated carbocycles. The fraction of sp³-hybridized carbons (Fsp3) is 0.348. The highest BCUT2D eigenvalue weighted by atomic mass is 35.5. The minimum Gasteiger partial charge on any atom is -0.351 e. The molecular formula is C23H27ClN2OS. The molecule has 0 unspecified atom stereocenters. The Labute approximate surface area is 177 Å². The average Bonchev–Trinajstić information content (AvgIpc) is 3.03. The third kappa shape index (κ3) is 4.24. The maximum atomic E-state index is 12.7. The first-order valence-corrected chi connectivity index (χ1v) is 10.3. The Bertz CT molecular complexity index is 972. The van der Waals surface area contributed by atoms with Crippen molar-refractivity contribution in [2.24, 2.45) is 0 Å². The van der Waals surface area contributed by atoms with E-state index in [1.54, 1.807) is 0 Å². The Hall–Kier alpha value is -1.88. The van der Waals surface area contributed by atoms with Crippen LogP contribution < -0.4 is 10.6 Å². The summed E-state index contributed by atoms with van der Waals surface area (Å²) < 4.78 is 1.31. The topological polar surface area (TPSA) is 41.1 Å². The largest absolute Gasteiger partial charge is 0.351 e. The van der Waals surface area contributed by atoms with Gasteiger partial charge in [-0.1, -0.05) is 63.2 Å². The van der Waals surface area contributed by atoms with Gasteiger partial charge in [0.15, 0.2) is 0 Å². The number of nitrogens with one attached hydrogen (secondary N) is 2. The molecule has 148 valence electrons. The predicted molar refractivity (Wildman–Crippen MR) is 120 cm³/mol. The van der Waals surface area contributed by atoms with E-state index in [4.69, 9.17) is 0 Å². The molecule has 0 spiro atoms. The van der Waals surface area contributed by atoms with Gasteiger partial charge in [-0.25, -0.2) is 0 Å². The molecule has 1 atom stereocenters. The Morgan fingerprint density at radius 3 is 2.57 bits per heavy atom. The molecule has 3 aromatic rings. The van der Waals surface area contributed by atoms with Crippen LogP contribution in [0.1, 0.15) is 42.3 Å². The second-order valence-corrected chi connectivity index (χ2v) is 9.44. The number of halogens is 1. The molecular weight excluding hydrogens is 388 g/mol. The summed E-state index contributed by atoms with van der Waals surface area (Å²) in [7, 11) is 0. The summed E-state index contributed by atoms with van der Waals surface area (Å²) in [6.07, 6.45) is 0.758. The van der Waals surface area contributed by atoms with Crippen LogP contribution in [0.3, 0.4) is 0 Å². The van der Waals surface area contributed by atoms with Crippen LogP contribution in [0, 0.1) is 0 Å². The second-order valence-electron chi connectivity index (χ2n) is 8.30. The monoisotopic (exact) mass is 414 g/mol. The zero-order valence-corrected chi connectivity index (χ0v) is 18.2. The molecule has 0 radical (unpaired) electrons. The number of amides is 1. The molecule has 0 fully saturated rings. The van der Waals surface area contributed by atoms with Crippen LogP contribution in [0.25, 0.3) is 10.1 Å². The number of hydrogen-bond acceptors (Lipinski definition) is 3. The van der Waals surface area contributed by atoms with Gasteiger partial charge in [-0.2, -0.15) is 0 Å². The van der Waals surface area contributed by atoms with Crippen LogP contribution >= 0.6 is 23.7 Å². The number of hydrogen-bond donors (Lipinski definition) is 2. The fourth-order valence-corrected chi connectivity index (χ4v) is 4.81. The lowest BCUT2D eigenvalue weighted by atomic mass is 9.87. The Balaban J connectivity index is 0.00000225. The molecule has 2 heterocycles. The quantitative estimate of drug-likeness (QED) is 0.636. The van der Waals surface area contributed by atoms with Gasteiger partial charge < -0.3 is 10.6 Å². The number of rotatable bonds is 3. The van der Waals surface area contributed by atoms with Gasteiger partial charge in [-0.15, -0.1) is 23.7 Å². The fourth-order valence-electron chi connectivity index (χ4n) is 3.63. The van der Waals surface area contributed by atoms with Gasteiger partial charge in [0, 0.05) is 22.7 Å². The average molecular weight is 415 g/mol. The Morgan fingerprint density at radius 1 is 1.14 bits per heavy atom. The van der Waals surface area contributed by atoms with Crippen molar-refractivity contribution in [3.8, 4) is 0 Å². The lowest BCUT2D eigenvalue weighted by molar-refractivity contribution is -0.123. The molecule has 0 bridgehead atoms. The minimum atomic E-state index is -0.163.